The molecule has 2 heterocycles. The maximum Gasteiger partial charge on any atom is 0.191 e. The second-order valence-electron chi connectivity index (χ2n) is 6.24. The second-order valence-corrected chi connectivity index (χ2v) is 7.55. The third kappa shape index (κ3) is 3.35. The Morgan fingerprint density at radius 2 is 2.12 bits per heavy atom. The summed E-state index contributed by atoms with van der Waals surface area (Å²) >= 11 is 7.75. The molecule has 2 atom stereocenters. The Morgan fingerprint density at radius 3 is 2.83 bits per heavy atom. The predicted octanol–water partition coefficient (Wildman–Crippen LogP) is 2.79. The first-order valence-electron chi connectivity index (χ1n) is 8.19. The number of hydrogen-bond donors (Lipinski definition) is 1. The van der Waals surface area contributed by atoms with Gasteiger partial charge in [-0.1, -0.05) is 23.7 Å². The van der Waals surface area contributed by atoms with E-state index >= 15 is 0 Å². The van der Waals surface area contributed by atoms with E-state index in [4.69, 9.17) is 22.3 Å². The van der Waals surface area contributed by atoms with Gasteiger partial charge in [-0.3, -0.25) is 0 Å². The van der Waals surface area contributed by atoms with Crippen molar-refractivity contribution in [2.45, 2.75) is 18.4 Å². The van der Waals surface area contributed by atoms with Crippen molar-refractivity contribution in [3.8, 4) is 0 Å². The molecule has 5 nitrogen and oxygen atoms in total. The zero-order valence-electron chi connectivity index (χ0n) is 13.3. The summed E-state index contributed by atoms with van der Waals surface area (Å²) in [7, 11) is 0. The Kier molecular flexibility index (Phi) is 4.33. The molecule has 1 aromatic carbocycles. The van der Waals surface area contributed by atoms with Crippen molar-refractivity contribution in [2.75, 3.05) is 31.1 Å². The summed E-state index contributed by atoms with van der Waals surface area (Å²) in [5.74, 6) is 1.13. The average molecular weight is 362 g/mol. The average Bonchev–Trinajstić information content (AvgIpc) is 3.14. The van der Waals surface area contributed by atoms with E-state index in [9.17, 15) is 0 Å². The van der Waals surface area contributed by atoms with Crippen LogP contribution < -0.4 is 10.6 Å². The Labute approximate surface area is 150 Å². The lowest BCUT2D eigenvalue weighted by molar-refractivity contribution is 0.380. The standard InChI is InChI=1S/C17H20ClN5S/c18-13-3-1-2-12(10-13)14-11-15(14)21-16(19)22-5-7-23(8-6-22)17-20-4-9-24-17/h1-4,9-10,14-15H,5-8,11H2,(H2,19,21). The van der Waals surface area contributed by atoms with Gasteiger partial charge in [-0.2, -0.15) is 0 Å². The van der Waals surface area contributed by atoms with E-state index in [0.29, 0.717) is 17.9 Å². The summed E-state index contributed by atoms with van der Waals surface area (Å²) in [6.45, 7) is 3.66. The number of aromatic nitrogens is 1. The molecule has 2 aliphatic rings. The quantitative estimate of drug-likeness (QED) is 0.674. The number of nitrogens with zero attached hydrogens (tertiary/aromatic N) is 4. The van der Waals surface area contributed by atoms with Crippen molar-refractivity contribution >= 4 is 34.0 Å². The van der Waals surface area contributed by atoms with E-state index in [1.54, 1.807) is 11.3 Å². The maximum atomic E-state index is 6.24. The topological polar surface area (TPSA) is 57.8 Å². The summed E-state index contributed by atoms with van der Waals surface area (Å²) in [6.07, 6.45) is 2.91. The van der Waals surface area contributed by atoms with Gasteiger partial charge in [-0.05, 0) is 24.1 Å². The van der Waals surface area contributed by atoms with Crippen molar-refractivity contribution in [3.05, 3.63) is 46.4 Å². The largest absolute Gasteiger partial charge is 0.370 e. The van der Waals surface area contributed by atoms with Crippen LogP contribution >= 0.6 is 22.9 Å². The van der Waals surface area contributed by atoms with Gasteiger partial charge >= 0.3 is 0 Å². The first kappa shape index (κ1) is 15.7. The molecule has 1 saturated carbocycles. The molecule has 2 N–H and O–H groups in total. The molecule has 24 heavy (non-hydrogen) atoms. The third-order valence-electron chi connectivity index (χ3n) is 4.63. The summed E-state index contributed by atoms with van der Waals surface area (Å²) in [5, 5.41) is 3.89. The predicted molar refractivity (Wildman–Crippen MR) is 100 cm³/mol. The van der Waals surface area contributed by atoms with E-state index < -0.39 is 0 Å². The molecule has 1 aliphatic heterocycles. The SMILES string of the molecule is NC(=NC1CC1c1cccc(Cl)c1)N1CCN(c2nccs2)CC1. The van der Waals surface area contributed by atoms with Gasteiger partial charge in [0.2, 0.25) is 0 Å². The van der Waals surface area contributed by atoms with Crippen LogP contribution in [0, 0.1) is 0 Å². The zero-order chi connectivity index (χ0) is 16.5. The molecule has 0 spiro atoms. The molecule has 1 saturated heterocycles. The van der Waals surface area contributed by atoms with Gasteiger partial charge in [0, 0.05) is 48.7 Å². The molecule has 4 rings (SSSR count). The number of anilines is 1. The molecule has 2 aromatic rings. The van der Waals surface area contributed by atoms with Crippen molar-refractivity contribution < 1.29 is 0 Å². The number of thiazole rings is 1. The molecule has 2 fully saturated rings. The Balaban J connectivity index is 1.34. The Morgan fingerprint density at radius 1 is 1.29 bits per heavy atom. The van der Waals surface area contributed by atoms with Crippen molar-refractivity contribution in [1.82, 2.24) is 9.88 Å². The maximum absolute atomic E-state index is 6.24. The lowest BCUT2D eigenvalue weighted by Gasteiger charge is -2.35. The first-order chi connectivity index (χ1) is 11.7. The minimum absolute atomic E-state index is 0.292. The number of aliphatic imine (C=N–C) groups is 1. The van der Waals surface area contributed by atoms with Crippen LogP contribution in [0.15, 0.2) is 40.8 Å². The smallest absolute Gasteiger partial charge is 0.191 e. The van der Waals surface area contributed by atoms with Crippen LogP contribution in [0.5, 0.6) is 0 Å². The lowest BCUT2D eigenvalue weighted by Crippen LogP contribution is -2.51. The summed E-state index contributed by atoms with van der Waals surface area (Å²) in [4.78, 5) is 13.6. The van der Waals surface area contributed by atoms with E-state index in [1.165, 1.54) is 5.56 Å². The van der Waals surface area contributed by atoms with Crippen molar-refractivity contribution in [3.63, 3.8) is 0 Å². The summed E-state index contributed by atoms with van der Waals surface area (Å²) in [5.41, 5.74) is 7.50. The van der Waals surface area contributed by atoms with Crippen LogP contribution in [0.25, 0.3) is 0 Å². The molecular weight excluding hydrogens is 342 g/mol. The number of rotatable bonds is 3. The highest BCUT2D eigenvalue weighted by atomic mass is 35.5. The van der Waals surface area contributed by atoms with Gasteiger partial charge in [0.25, 0.3) is 0 Å². The third-order valence-corrected chi connectivity index (χ3v) is 5.69. The van der Waals surface area contributed by atoms with Gasteiger partial charge in [0.05, 0.1) is 6.04 Å². The minimum Gasteiger partial charge on any atom is -0.370 e. The van der Waals surface area contributed by atoms with Gasteiger partial charge in [-0.15, -0.1) is 11.3 Å². The van der Waals surface area contributed by atoms with Gasteiger partial charge in [0.15, 0.2) is 11.1 Å². The minimum atomic E-state index is 0.292. The van der Waals surface area contributed by atoms with Crippen molar-refractivity contribution in [2.24, 2.45) is 10.7 Å². The van der Waals surface area contributed by atoms with Crippen LogP contribution in [0.3, 0.4) is 0 Å². The van der Waals surface area contributed by atoms with Gasteiger partial charge < -0.3 is 15.5 Å². The highest BCUT2D eigenvalue weighted by Crippen LogP contribution is 2.44. The molecule has 0 amide bonds. The first-order valence-corrected chi connectivity index (χ1v) is 9.44. The number of halogens is 1. The molecule has 0 bridgehead atoms. The highest BCUT2D eigenvalue weighted by molar-refractivity contribution is 7.13. The molecule has 7 heteroatoms. The van der Waals surface area contributed by atoms with Gasteiger partial charge in [-0.25, -0.2) is 9.98 Å². The number of hydrogen-bond acceptors (Lipinski definition) is 4. The number of piperazine rings is 1. The van der Waals surface area contributed by atoms with Crippen LogP contribution in [0.2, 0.25) is 5.02 Å². The fourth-order valence-electron chi connectivity index (χ4n) is 3.17. The molecule has 1 aromatic heterocycles. The van der Waals surface area contributed by atoms with Gasteiger partial charge in [0.1, 0.15) is 0 Å². The fourth-order valence-corrected chi connectivity index (χ4v) is 4.07. The van der Waals surface area contributed by atoms with Crippen LogP contribution in [0.1, 0.15) is 17.9 Å². The number of benzene rings is 1. The summed E-state index contributed by atoms with van der Waals surface area (Å²) < 4.78 is 0. The van der Waals surface area contributed by atoms with E-state index in [-0.39, 0.29) is 0 Å². The summed E-state index contributed by atoms with van der Waals surface area (Å²) in [6, 6.07) is 8.35. The number of nitrogens with two attached hydrogens (primary N) is 1. The number of guanidine groups is 1. The van der Waals surface area contributed by atoms with Crippen LogP contribution in [-0.2, 0) is 0 Å². The van der Waals surface area contributed by atoms with E-state index in [1.807, 2.05) is 29.8 Å². The lowest BCUT2D eigenvalue weighted by atomic mass is 10.1. The monoisotopic (exact) mass is 361 g/mol. The molecule has 2 unspecified atom stereocenters. The Hall–Kier alpha value is -1.79. The van der Waals surface area contributed by atoms with E-state index in [0.717, 1.165) is 42.8 Å². The van der Waals surface area contributed by atoms with Crippen LogP contribution in [0.4, 0.5) is 5.13 Å². The molecular formula is C17H20ClN5S. The van der Waals surface area contributed by atoms with Crippen LogP contribution in [-0.4, -0.2) is 48.1 Å². The normalized spacial score (nSPS) is 24.3. The molecule has 1 aliphatic carbocycles. The fraction of sp³-hybridized carbons (Fsp3) is 0.412. The Bertz CT molecular complexity index is 724. The molecule has 0 radical (unpaired) electrons. The zero-order valence-corrected chi connectivity index (χ0v) is 14.9. The van der Waals surface area contributed by atoms with E-state index in [2.05, 4.69) is 20.9 Å². The molecule has 126 valence electrons. The highest BCUT2D eigenvalue weighted by Gasteiger charge is 2.39. The van der Waals surface area contributed by atoms with Crippen molar-refractivity contribution in [1.29, 1.82) is 0 Å². The second kappa shape index (κ2) is 6.61.